The first-order valence-corrected chi connectivity index (χ1v) is 14.4. The highest BCUT2D eigenvalue weighted by Crippen LogP contribution is 2.35. The molecule has 0 radical (unpaired) electrons. The zero-order valence-electron chi connectivity index (χ0n) is 21.6. The fourth-order valence-corrected chi connectivity index (χ4v) is 5.14. The van der Waals surface area contributed by atoms with Crippen molar-refractivity contribution in [2.24, 2.45) is 0 Å². The molecule has 0 heterocycles. The lowest BCUT2D eigenvalue weighted by Gasteiger charge is -2.34. The van der Waals surface area contributed by atoms with Crippen LogP contribution in [0, 0.1) is 0 Å². The van der Waals surface area contributed by atoms with Crippen molar-refractivity contribution in [3.63, 3.8) is 0 Å². The summed E-state index contributed by atoms with van der Waals surface area (Å²) in [5, 5.41) is 3.13. The molecule has 12 heteroatoms. The number of carbonyl (C=O) groups excluding carboxylic acids is 2. The van der Waals surface area contributed by atoms with E-state index in [0.29, 0.717) is 12.2 Å². The van der Waals surface area contributed by atoms with Crippen molar-refractivity contribution < 1.29 is 22.7 Å². The molecule has 0 aliphatic heterocycles. The van der Waals surface area contributed by atoms with Crippen LogP contribution >= 0.6 is 34.8 Å². The fraction of sp³-hybridized carbons (Fsp3) is 0.440. The van der Waals surface area contributed by atoms with E-state index in [1.54, 1.807) is 38.3 Å². The van der Waals surface area contributed by atoms with Crippen molar-refractivity contribution in [1.29, 1.82) is 0 Å². The number of rotatable bonds is 10. The Morgan fingerprint density at radius 1 is 1.03 bits per heavy atom. The van der Waals surface area contributed by atoms with E-state index in [-0.39, 0.29) is 33.2 Å². The molecule has 0 spiro atoms. The minimum absolute atomic E-state index is 0.00325. The molecule has 0 unspecified atom stereocenters. The van der Waals surface area contributed by atoms with Gasteiger partial charge in [0.25, 0.3) is 0 Å². The second-order valence-electron chi connectivity index (χ2n) is 9.52. The van der Waals surface area contributed by atoms with E-state index >= 15 is 0 Å². The van der Waals surface area contributed by atoms with Gasteiger partial charge in [0, 0.05) is 12.1 Å². The first kappa shape index (κ1) is 31.0. The maximum atomic E-state index is 13.7. The molecular formula is C25H32Cl3N3O5S. The fourth-order valence-electron chi connectivity index (χ4n) is 3.60. The number of hydrogen-bond acceptors (Lipinski definition) is 5. The van der Waals surface area contributed by atoms with Crippen LogP contribution in [0.4, 0.5) is 5.69 Å². The summed E-state index contributed by atoms with van der Waals surface area (Å²) in [5.74, 6) is -0.314. The van der Waals surface area contributed by atoms with Gasteiger partial charge in [-0.05, 0) is 57.0 Å². The van der Waals surface area contributed by atoms with E-state index in [0.717, 1.165) is 16.1 Å². The Morgan fingerprint density at radius 3 is 2.08 bits per heavy atom. The summed E-state index contributed by atoms with van der Waals surface area (Å²) in [6, 6.07) is 8.77. The van der Waals surface area contributed by atoms with Gasteiger partial charge in [-0.25, -0.2) is 8.42 Å². The summed E-state index contributed by atoms with van der Waals surface area (Å²) < 4.78 is 31.6. The van der Waals surface area contributed by atoms with Crippen LogP contribution in [0.25, 0.3) is 0 Å². The number of halogens is 3. The van der Waals surface area contributed by atoms with E-state index < -0.39 is 34.1 Å². The molecular weight excluding hydrogens is 561 g/mol. The maximum Gasteiger partial charge on any atom is 0.244 e. The van der Waals surface area contributed by atoms with Crippen LogP contribution in [0.15, 0.2) is 36.4 Å². The predicted octanol–water partition coefficient (Wildman–Crippen LogP) is 5.14. The van der Waals surface area contributed by atoms with E-state index in [1.165, 1.54) is 17.0 Å². The summed E-state index contributed by atoms with van der Waals surface area (Å²) >= 11 is 18.4. The Bertz CT molecular complexity index is 1230. The summed E-state index contributed by atoms with van der Waals surface area (Å²) in [6.07, 6.45) is 1.26. The van der Waals surface area contributed by atoms with Gasteiger partial charge < -0.3 is 15.0 Å². The van der Waals surface area contributed by atoms with Gasteiger partial charge >= 0.3 is 0 Å². The van der Waals surface area contributed by atoms with Crippen LogP contribution in [0.1, 0.15) is 39.7 Å². The van der Waals surface area contributed by atoms with Crippen LogP contribution in [0.3, 0.4) is 0 Å². The Kier molecular flexibility index (Phi) is 10.5. The second kappa shape index (κ2) is 12.6. The first-order chi connectivity index (χ1) is 17.1. The van der Waals surface area contributed by atoms with Gasteiger partial charge in [-0.3, -0.25) is 13.9 Å². The van der Waals surface area contributed by atoms with Crippen molar-refractivity contribution in [2.45, 2.75) is 52.2 Å². The average Bonchev–Trinajstić information content (AvgIpc) is 2.78. The summed E-state index contributed by atoms with van der Waals surface area (Å²) in [4.78, 5) is 28.3. The molecule has 8 nitrogen and oxygen atoms in total. The molecule has 37 heavy (non-hydrogen) atoms. The number of methoxy groups -OCH3 is 1. The van der Waals surface area contributed by atoms with Crippen LogP contribution < -0.4 is 14.4 Å². The van der Waals surface area contributed by atoms with Crippen molar-refractivity contribution in [1.82, 2.24) is 10.2 Å². The molecule has 1 N–H and O–H groups in total. The lowest BCUT2D eigenvalue weighted by molar-refractivity contribution is -0.141. The Morgan fingerprint density at radius 2 is 1.59 bits per heavy atom. The quantitative estimate of drug-likeness (QED) is 0.385. The number of benzene rings is 2. The van der Waals surface area contributed by atoms with Crippen molar-refractivity contribution in [2.75, 3.05) is 24.2 Å². The van der Waals surface area contributed by atoms with Crippen molar-refractivity contribution in [3.8, 4) is 5.75 Å². The molecule has 0 saturated heterocycles. The van der Waals surface area contributed by atoms with Gasteiger partial charge in [0.15, 0.2) is 0 Å². The topological polar surface area (TPSA) is 96.0 Å². The Balaban J connectivity index is 2.52. The highest BCUT2D eigenvalue weighted by Gasteiger charge is 2.33. The van der Waals surface area contributed by atoms with Crippen molar-refractivity contribution in [3.05, 3.63) is 57.0 Å². The summed E-state index contributed by atoms with van der Waals surface area (Å²) in [6.45, 7) is 6.75. The van der Waals surface area contributed by atoms with E-state index in [1.807, 2.05) is 20.8 Å². The second-order valence-corrected chi connectivity index (χ2v) is 12.6. The number of sulfonamides is 1. The number of nitrogens with one attached hydrogen (secondary N) is 1. The molecule has 2 amide bonds. The highest BCUT2D eigenvalue weighted by atomic mass is 35.5. The third-order valence-electron chi connectivity index (χ3n) is 5.33. The standard InChI is InChI=1S/C25H32Cl3N3O5S/c1-7-21(24(33)29-25(2,3)4)30(14-16-8-10-17(36-5)11-9-16)23(32)15-31(37(6,34)35)22-13-19(27)18(26)12-20(22)28/h8-13,21H,7,14-15H2,1-6H3,(H,29,33)/t21-/m1/s1. The number of hydrogen-bond donors (Lipinski definition) is 1. The van der Waals surface area contributed by atoms with Gasteiger partial charge in [-0.2, -0.15) is 0 Å². The van der Waals surface area contributed by atoms with E-state index in [2.05, 4.69) is 5.32 Å². The third kappa shape index (κ3) is 8.67. The minimum Gasteiger partial charge on any atom is -0.497 e. The van der Waals surface area contributed by atoms with Crippen molar-refractivity contribution >= 4 is 62.3 Å². The largest absolute Gasteiger partial charge is 0.497 e. The Labute approximate surface area is 233 Å². The molecule has 0 saturated carbocycles. The molecule has 204 valence electrons. The number of amides is 2. The molecule has 0 aliphatic carbocycles. The number of ether oxygens (including phenoxy) is 1. The summed E-state index contributed by atoms with van der Waals surface area (Å²) in [5.41, 5.74) is 0.198. The lowest BCUT2D eigenvalue weighted by Crippen LogP contribution is -2.55. The first-order valence-electron chi connectivity index (χ1n) is 11.4. The zero-order chi connectivity index (χ0) is 28.1. The van der Waals surface area contributed by atoms with Gasteiger partial charge in [0.2, 0.25) is 21.8 Å². The summed E-state index contributed by atoms with van der Waals surface area (Å²) in [7, 11) is -2.44. The van der Waals surface area contributed by atoms with Gasteiger partial charge in [-0.15, -0.1) is 0 Å². The molecule has 0 aromatic heterocycles. The van der Waals surface area contributed by atoms with Gasteiger partial charge in [0.05, 0.1) is 34.1 Å². The molecule has 0 aliphatic rings. The van der Waals surface area contributed by atoms with Crippen LogP contribution in [-0.2, 0) is 26.2 Å². The van der Waals surface area contributed by atoms with Crippen LogP contribution in [-0.4, -0.2) is 56.6 Å². The molecule has 2 aromatic rings. The zero-order valence-corrected chi connectivity index (χ0v) is 24.7. The third-order valence-corrected chi connectivity index (χ3v) is 7.49. The van der Waals surface area contributed by atoms with E-state index in [4.69, 9.17) is 39.5 Å². The number of nitrogens with zero attached hydrogens (tertiary/aromatic N) is 2. The molecule has 2 aromatic carbocycles. The highest BCUT2D eigenvalue weighted by molar-refractivity contribution is 7.92. The maximum absolute atomic E-state index is 13.7. The minimum atomic E-state index is -3.98. The Hall–Kier alpha value is -2.20. The SMILES string of the molecule is CC[C@H](C(=O)NC(C)(C)C)N(Cc1ccc(OC)cc1)C(=O)CN(c1cc(Cl)c(Cl)cc1Cl)S(C)(=O)=O. The predicted molar refractivity (Wildman–Crippen MR) is 149 cm³/mol. The van der Waals surface area contributed by atoms with E-state index in [9.17, 15) is 18.0 Å². The monoisotopic (exact) mass is 591 g/mol. The van der Waals surface area contributed by atoms with Gasteiger partial charge in [0.1, 0.15) is 18.3 Å². The normalized spacial score (nSPS) is 12.6. The average molecular weight is 593 g/mol. The number of carbonyl (C=O) groups is 2. The molecule has 2 rings (SSSR count). The smallest absolute Gasteiger partial charge is 0.244 e. The van der Waals surface area contributed by atoms with Gasteiger partial charge in [-0.1, -0.05) is 53.9 Å². The van der Waals surface area contributed by atoms with Crippen LogP contribution in [0.2, 0.25) is 15.1 Å². The molecule has 1 atom stereocenters. The molecule has 0 bridgehead atoms. The lowest BCUT2D eigenvalue weighted by atomic mass is 10.1. The molecule has 0 fully saturated rings. The number of anilines is 1. The van der Waals surface area contributed by atoms with Crippen LogP contribution in [0.5, 0.6) is 5.75 Å².